The van der Waals surface area contributed by atoms with Crippen molar-refractivity contribution in [1.82, 2.24) is 4.90 Å². The molecule has 0 fully saturated rings. The van der Waals surface area contributed by atoms with Crippen LogP contribution in [0.1, 0.15) is 0 Å². The molecule has 3 atom stereocenters. The summed E-state index contributed by atoms with van der Waals surface area (Å²) in [7, 11) is 15.4. The van der Waals surface area contributed by atoms with E-state index in [4.69, 9.17) is 42.6 Å². The third-order valence-corrected chi connectivity index (χ3v) is 8.89. The number of ether oxygens (including phenoxy) is 9. The Bertz CT molecular complexity index is 375. The molecule has 3 unspecified atom stereocenters. The molecule has 170 valence electrons. The highest BCUT2D eigenvalue weighted by Gasteiger charge is 2.67. The van der Waals surface area contributed by atoms with Gasteiger partial charge in [-0.1, -0.05) is 0 Å². The summed E-state index contributed by atoms with van der Waals surface area (Å²) >= 11 is 0. The first-order valence-electron chi connectivity index (χ1n) is 8.87. The second-order valence-electron chi connectivity index (χ2n) is 6.09. The lowest BCUT2D eigenvalue weighted by atomic mass is 10.2. The maximum Gasteiger partial charge on any atom is 0.261 e. The normalized spacial score (nSPS) is 17.4. The molecule has 0 aliphatic carbocycles. The standard InChI is InChI=1S/C15H39NO9Si3/c1-17-10(26)13(20-4,21-5)16(14(22-6,23-7)11(27)18-2)15(24-8,25-9)12(28)19-3/h10-12H,1-9,26-28H3. The van der Waals surface area contributed by atoms with Gasteiger partial charge < -0.3 is 42.6 Å². The Kier molecular flexibility index (Phi) is 12.3. The molecule has 10 nitrogen and oxygen atoms in total. The molecular formula is C15H39NO9Si3. The number of methoxy groups -OCH3 is 9. The van der Waals surface area contributed by atoms with Gasteiger partial charge in [-0.2, -0.15) is 0 Å². The van der Waals surface area contributed by atoms with Gasteiger partial charge in [0, 0.05) is 94.7 Å². The Morgan fingerprint density at radius 2 is 0.643 bits per heavy atom. The van der Waals surface area contributed by atoms with Crippen molar-refractivity contribution in [2.24, 2.45) is 0 Å². The quantitative estimate of drug-likeness (QED) is 0.178. The fourth-order valence-electron chi connectivity index (χ4n) is 3.44. The molecule has 0 amide bonds. The van der Waals surface area contributed by atoms with Gasteiger partial charge in [0.05, 0.1) is 0 Å². The minimum atomic E-state index is -1.50. The molecule has 0 bridgehead atoms. The highest BCUT2D eigenvalue weighted by molar-refractivity contribution is 6.13. The minimum absolute atomic E-state index is 0.492. The van der Waals surface area contributed by atoms with E-state index in [9.17, 15) is 0 Å². The molecule has 0 N–H and O–H groups in total. The van der Waals surface area contributed by atoms with Crippen molar-refractivity contribution in [3.05, 3.63) is 0 Å². The predicted octanol–water partition coefficient (Wildman–Crippen LogP) is -3.86. The first kappa shape index (κ1) is 28.3. The van der Waals surface area contributed by atoms with Crippen LogP contribution in [0.25, 0.3) is 0 Å². The zero-order chi connectivity index (χ0) is 22.2. The van der Waals surface area contributed by atoms with Crippen LogP contribution in [0.3, 0.4) is 0 Å². The van der Waals surface area contributed by atoms with Crippen LogP contribution in [0.5, 0.6) is 0 Å². The number of rotatable bonds is 15. The topological polar surface area (TPSA) is 86.3 Å². The summed E-state index contributed by atoms with van der Waals surface area (Å²) in [6, 6.07) is 0. The van der Waals surface area contributed by atoms with Crippen molar-refractivity contribution in [3.8, 4) is 0 Å². The molecule has 28 heavy (non-hydrogen) atoms. The van der Waals surface area contributed by atoms with Crippen LogP contribution in [0.15, 0.2) is 0 Å². The van der Waals surface area contributed by atoms with E-state index in [-0.39, 0.29) is 0 Å². The minimum Gasteiger partial charge on any atom is -0.379 e. The summed E-state index contributed by atoms with van der Waals surface area (Å²) in [5.41, 5.74) is -1.48. The van der Waals surface area contributed by atoms with Gasteiger partial charge in [-0.25, -0.2) is 0 Å². The molecular weight excluding hydrogens is 422 g/mol. The van der Waals surface area contributed by atoms with Crippen LogP contribution in [-0.4, -0.2) is 135 Å². The van der Waals surface area contributed by atoms with Crippen molar-refractivity contribution in [3.63, 3.8) is 0 Å². The zero-order valence-corrected chi connectivity index (χ0v) is 25.4. The highest BCUT2D eigenvalue weighted by Crippen LogP contribution is 2.43. The van der Waals surface area contributed by atoms with Gasteiger partial charge in [-0.05, 0) is 0 Å². The maximum atomic E-state index is 5.92. The summed E-state index contributed by atoms with van der Waals surface area (Å²) < 4.78 is 52.5. The second kappa shape index (κ2) is 12.2. The van der Waals surface area contributed by atoms with E-state index in [1.54, 1.807) is 26.2 Å². The van der Waals surface area contributed by atoms with E-state index in [1.807, 2.05) is 0 Å². The molecule has 0 spiro atoms. The summed E-state index contributed by atoms with van der Waals surface area (Å²) in [6.45, 7) is 0. The van der Waals surface area contributed by atoms with Crippen molar-refractivity contribution >= 4 is 30.7 Å². The van der Waals surface area contributed by atoms with Crippen LogP contribution < -0.4 is 0 Å². The van der Waals surface area contributed by atoms with Crippen molar-refractivity contribution in [2.75, 3.05) is 64.0 Å². The average Bonchev–Trinajstić information content (AvgIpc) is 2.75. The van der Waals surface area contributed by atoms with Gasteiger partial charge in [0.15, 0.2) is 0 Å². The number of hydrogen-bond donors (Lipinski definition) is 0. The largest absolute Gasteiger partial charge is 0.379 e. The third-order valence-electron chi connectivity index (χ3n) is 5.29. The van der Waals surface area contributed by atoms with Crippen LogP contribution in [-0.2, 0) is 42.6 Å². The molecule has 0 radical (unpaired) electrons. The van der Waals surface area contributed by atoms with E-state index in [1.165, 1.54) is 42.7 Å². The Balaban J connectivity index is 7.27. The highest BCUT2D eigenvalue weighted by atomic mass is 28.2. The summed E-state index contributed by atoms with van der Waals surface area (Å²) in [6.07, 6.45) is 0. The molecule has 0 saturated heterocycles. The van der Waals surface area contributed by atoms with Gasteiger partial charge in [-0.3, -0.25) is 0 Å². The second-order valence-corrected chi connectivity index (χ2v) is 9.23. The molecule has 0 aromatic carbocycles. The lowest BCUT2D eigenvalue weighted by Gasteiger charge is -2.59. The van der Waals surface area contributed by atoms with Crippen LogP contribution in [0.2, 0.25) is 0 Å². The Morgan fingerprint density at radius 1 is 0.464 bits per heavy atom. The summed E-state index contributed by atoms with van der Waals surface area (Å²) in [5, 5.41) is 0. The summed E-state index contributed by atoms with van der Waals surface area (Å²) in [4.78, 5) is 1.61. The van der Waals surface area contributed by atoms with E-state index < -0.39 is 34.9 Å². The first-order valence-corrected chi connectivity index (χ1v) is 12.3. The van der Waals surface area contributed by atoms with E-state index in [0.29, 0.717) is 30.7 Å². The molecule has 0 heterocycles. The fourth-order valence-corrected chi connectivity index (χ4v) is 5.63. The molecule has 13 heteroatoms. The van der Waals surface area contributed by atoms with Crippen molar-refractivity contribution in [2.45, 2.75) is 34.9 Å². The van der Waals surface area contributed by atoms with Gasteiger partial charge in [0.1, 0.15) is 17.2 Å². The number of hydrogen-bond acceptors (Lipinski definition) is 10. The predicted molar refractivity (Wildman–Crippen MR) is 114 cm³/mol. The zero-order valence-electron chi connectivity index (χ0n) is 19.4. The van der Waals surface area contributed by atoms with Crippen LogP contribution >= 0.6 is 0 Å². The van der Waals surface area contributed by atoms with Gasteiger partial charge in [-0.15, -0.1) is 4.90 Å². The van der Waals surface area contributed by atoms with E-state index in [2.05, 4.69) is 0 Å². The average molecular weight is 462 g/mol. The SMILES string of the molecule is COC([SiH3])C(OC)(OC)N(C(OC)(OC)C([SiH3])OC)C(OC)(OC)C([SiH3])OC. The fraction of sp³-hybridized carbons (Fsp3) is 1.00. The Hall–Kier alpha value is 0.251. The first-order chi connectivity index (χ1) is 13.2. The Labute approximate surface area is 177 Å². The van der Waals surface area contributed by atoms with Crippen molar-refractivity contribution < 1.29 is 42.6 Å². The van der Waals surface area contributed by atoms with Gasteiger partial charge in [0.25, 0.3) is 17.7 Å². The van der Waals surface area contributed by atoms with E-state index in [0.717, 1.165) is 0 Å². The van der Waals surface area contributed by atoms with Gasteiger partial charge in [0.2, 0.25) is 0 Å². The van der Waals surface area contributed by atoms with Crippen LogP contribution in [0, 0.1) is 0 Å². The third kappa shape index (κ3) is 4.61. The molecule has 0 aliphatic heterocycles. The molecule has 0 aromatic heterocycles. The monoisotopic (exact) mass is 461 g/mol. The Morgan fingerprint density at radius 3 is 0.750 bits per heavy atom. The van der Waals surface area contributed by atoms with E-state index >= 15 is 0 Å². The molecule has 0 rings (SSSR count). The van der Waals surface area contributed by atoms with Crippen molar-refractivity contribution in [1.29, 1.82) is 0 Å². The lowest BCUT2D eigenvalue weighted by Crippen LogP contribution is -2.81. The summed E-state index contributed by atoms with van der Waals surface area (Å²) in [5.74, 6) is -4.50. The van der Waals surface area contributed by atoms with Crippen LogP contribution in [0.4, 0.5) is 0 Å². The molecule has 0 aliphatic rings. The lowest BCUT2D eigenvalue weighted by molar-refractivity contribution is -0.515. The molecule has 0 aromatic rings. The van der Waals surface area contributed by atoms with Gasteiger partial charge >= 0.3 is 0 Å². The maximum absolute atomic E-state index is 5.92. The number of nitrogens with zero attached hydrogens (tertiary/aromatic N) is 1. The smallest absolute Gasteiger partial charge is 0.261 e. The molecule has 0 saturated carbocycles.